The van der Waals surface area contributed by atoms with Crippen molar-refractivity contribution in [3.63, 3.8) is 0 Å². The molecular formula is C28H25Cl2F4N7O4. The molecule has 45 heavy (non-hydrogen) atoms. The molecule has 0 saturated carbocycles. The molecule has 2 aromatic carbocycles. The van der Waals surface area contributed by atoms with Gasteiger partial charge in [-0.1, -0.05) is 29.3 Å². The number of aromatic nitrogens is 5. The number of carbonyl (C=O) groups is 1. The fourth-order valence-corrected chi connectivity index (χ4v) is 5.91. The molecule has 3 heterocycles. The molecule has 5 rings (SSSR count). The number of anilines is 1. The van der Waals surface area contributed by atoms with E-state index in [1.807, 2.05) is 0 Å². The molecule has 0 fully saturated rings. The van der Waals surface area contributed by atoms with E-state index < -0.39 is 41.7 Å². The third-order valence-corrected chi connectivity index (χ3v) is 7.74. The van der Waals surface area contributed by atoms with Crippen molar-refractivity contribution in [3.05, 3.63) is 81.5 Å². The number of nitrogens with zero attached hydrogens (tertiary/aromatic N) is 6. The SMILES string of the molecule is CC(F)(F)CC1c2c(nc(N)nc2-c2c(Cl)cc(Cl)cc2OCCC(O)(Cn2cncn2)c2ccc(F)cc2F)CN1C(=O)O. The van der Waals surface area contributed by atoms with Gasteiger partial charge < -0.3 is 20.7 Å². The predicted molar refractivity (Wildman–Crippen MR) is 154 cm³/mol. The number of nitrogen functional groups attached to an aromatic ring is 1. The van der Waals surface area contributed by atoms with E-state index in [1.165, 1.54) is 29.5 Å². The lowest BCUT2D eigenvalue weighted by Gasteiger charge is -2.29. The van der Waals surface area contributed by atoms with E-state index in [2.05, 4.69) is 20.1 Å². The van der Waals surface area contributed by atoms with Gasteiger partial charge in [0.25, 0.3) is 0 Å². The molecule has 17 heteroatoms. The average molecular weight is 670 g/mol. The summed E-state index contributed by atoms with van der Waals surface area (Å²) in [5.41, 5.74) is 3.92. The number of alkyl halides is 2. The van der Waals surface area contributed by atoms with Crippen molar-refractivity contribution in [1.82, 2.24) is 29.6 Å². The van der Waals surface area contributed by atoms with Gasteiger partial charge >= 0.3 is 6.09 Å². The van der Waals surface area contributed by atoms with Gasteiger partial charge in [0.2, 0.25) is 11.9 Å². The van der Waals surface area contributed by atoms with Crippen LogP contribution >= 0.6 is 23.2 Å². The van der Waals surface area contributed by atoms with Gasteiger partial charge in [-0.2, -0.15) is 5.10 Å². The maximum atomic E-state index is 14.9. The summed E-state index contributed by atoms with van der Waals surface area (Å²) in [6.07, 6.45) is -0.0894. The Morgan fingerprint density at radius 1 is 1.20 bits per heavy atom. The Labute approximate surface area is 263 Å². The molecule has 0 bridgehead atoms. The molecule has 0 radical (unpaired) electrons. The summed E-state index contributed by atoms with van der Waals surface area (Å²) < 4.78 is 64.4. The monoisotopic (exact) mass is 669 g/mol. The topological polar surface area (TPSA) is 153 Å². The Morgan fingerprint density at radius 2 is 1.96 bits per heavy atom. The molecule has 2 aromatic heterocycles. The lowest BCUT2D eigenvalue weighted by Crippen LogP contribution is -2.34. The van der Waals surface area contributed by atoms with E-state index in [-0.39, 0.29) is 75.9 Å². The molecule has 238 valence electrons. The molecule has 1 aliphatic heterocycles. The minimum Gasteiger partial charge on any atom is -0.493 e. The second-order valence-electron chi connectivity index (χ2n) is 10.6. The first kappa shape index (κ1) is 32.2. The summed E-state index contributed by atoms with van der Waals surface area (Å²) in [5, 5.41) is 25.5. The van der Waals surface area contributed by atoms with Crippen molar-refractivity contribution >= 4 is 35.2 Å². The maximum Gasteiger partial charge on any atom is 0.408 e. The Bertz CT molecular complexity index is 1740. The van der Waals surface area contributed by atoms with Crippen LogP contribution in [-0.4, -0.2) is 58.5 Å². The molecule has 0 spiro atoms. The smallest absolute Gasteiger partial charge is 0.408 e. The standard InChI is InChI=1S/C28H25Cl2F4N7O4/c1-27(33,34)9-20-23-19(10-41(20)26(42)43)38-25(35)39-24(23)22-17(30)6-14(29)7-21(22)45-5-4-28(44,11-40-13-36-12-37-40)16-3-2-15(31)8-18(16)32/h2-3,6-8,12-13,20,44H,4-5,9-11H2,1H3,(H,42,43)(H2,35,38,39). The zero-order valence-electron chi connectivity index (χ0n) is 23.4. The summed E-state index contributed by atoms with van der Waals surface area (Å²) in [4.78, 5) is 25.0. The number of carboxylic acid groups (broad SMARTS) is 1. The summed E-state index contributed by atoms with van der Waals surface area (Å²) in [7, 11) is 0. The Kier molecular flexibility index (Phi) is 8.79. The fourth-order valence-electron chi connectivity index (χ4n) is 5.35. The highest BCUT2D eigenvalue weighted by atomic mass is 35.5. The Balaban J connectivity index is 1.54. The van der Waals surface area contributed by atoms with Crippen LogP contribution in [0.15, 0.2) is 43.0 Å². The predicted octanol–water partition coefficient (Wildman–Crippen LogP) is 5.84. The van der Waals surface area contributed by atoms with Crippen LogP contribution in [0.4, 0.5) is 28.3 Å². The summed E-state index contributed by atoms with van der Waals surface area (Å²) in [6, 6.07) is 4.08. The summed E-state index contributed by atoms with van der Waals surface area (Å²) in [5.74, 6) is -5.41. The fraction of sp³-hybridized carbons (Fsp3) is 0.321. The molecular weight excluding hydrogens is 645 g/mol. The first-order valence-electron chi connectivity index (χ1n) is 13.3. The van der Waals surface area contributed by atoms with E-state index in [0.717, 1.165) is 17.0 Å². The van der Waals surface area contributed by atoms with E-state index in [4.69, 9.17) is 33.7 Å². The van der Waals surface area contributed by atoms with Crippen LogP contribution in [0.5, 0.6) is 5.75 Å². The molecule has 1 aliphatic rings. The number of benzene rings is 2. The molecule has 2 unspecified atom stereocenters. The van der Waals surface area contributed by atoms with Crippen LogP contribution in [0.2, 0.25) is 10.0 Å². The van der Waals surface area contributed by atoms with Gasteiger partial charge in [0.05, 0.1) is 47.7 Å². The number of ether oxygens (including phenoxy) is 1. The van der Waals surface area contributed by atoms with Gasteiger partial charge in [-0.15, -0.1) is 0 Å². The summed E-state index contributed by atoms with van der Waals surface area (Å²) >= 11 is 12.9. The van der Waals surface area contributed by atoms with Gasteiger partial charge in [0.1, 0.15) is 35.6 Å². The number of hydrogen-bond donors (Lipinski definition) is 3. The minimum atomic E-state index is -3.27. The number of nitrogens with two attached hydrogens (primary N) is 1. The Morgan fingerprint density at radius 3 is 2.60 bits per heavy atom. The second kappa shape index (κ2) is 12.3. The number of rotatable bonds is 10. The number of aliphatic hydroxyl groups is 1. The molecule has 4 aromatic rings. The van der Waals surface area contributed by atoms with E-state index in [9.17, 15) is 32.6 Å². The van der Waals surface area contributed by atoms with Crippen molar-refractivity contribution in [1.29, 1.82) is 0 Å². The van der Waals surface area contributed by atoms with Crippen LogP contribution in [0.1, 0.15) is 42.6 Å². The minimum absolute atomic E-state index is 0.0220. The number of hydrogen-bond acceptors (Lipinski definition) is 8. The highest BCUT2D eigenvalue weighted by Gasteiger charge is 2.43. The van der Waals surface area contributed by atoms with Crippen LogP contribution in [0.3, 0.4) is 0 Å². The zero-order valence-corrected chi connectivity index (χ0v) is 24.9. The van der Waals surface area contributed by atoms with Crippen molar-refractivity contribution in [2.75, 3.05) is 12.3 Å². The molecule has 4 N–H and O–H groups in total. The number of amides is 1. The highest BCUT2D eigenvalue weighted by Crippen LogP contribution is 2.48. The zero-order chi connectivity index (χ0) is 32.7. The third-order valence-electron chi connectivity index (χ3n) is 7.22. The van der Waals surface area contributed by atoms with E-state index in [0.29, 0.717) is 13.0 Å². The van der Waals surface area contributed by atoms with Crippen LogP contribution < -0.4 is 10.5 Å². The molecule has 11 nitrogen and oxygen atoms in total. The third kappa shape index (κ3) is 6.89. The average Bonchev–Trinajstić information content (AvgIpc) is 3.54. The second-order valence-corrected chi connectivity index (χ2v) is 11.4. The van der Waals surface area contributed by atoms with E-state index >= 15 is 0 Å². The number of fused-ring (bicyclic) bond motifs is 1. The van der Waals surface area contributed by atoms with Crippen molar-refractivity contribution < 1.29 is 37.3 Å². The first-order valence-corrected chi connectivity index (χ1v) is 14.1. The molecule has 2 atom stereocenters. The highest BCUT2D eigenvalue weighted by molar-refractivity contribution is 6.37. The van der Waals surface area contributed by atoms with Gasteiger partial charge in [-0.25, -0.2) is 42.0 Å². The lowest BCUT2D eigenvalue weighted by atomic mass is 9.90. The van der Waals surface area contributed by atoms with Crippen molar-refractivity contribution in [2.45, 2.75) is 50.4 Å². The summed E-state index contributed by atoms with van der Waals surface area (Å²) in [6.45, 7) is -0.260. The van der Waals surface area contributed by atoms with Crippen LogP contribution in [0.25, 0.3) is 11.3 Å². The van der Waals surface area contributed by atoms with Crippen molar-refractivity contribution in [3.8, 4) is 17.0 Å². The van der Waals surface area contributed by atoms with E-state index in [1.54, 1.807) is 0 Å². The molecule has 0 aliphatic carbocycles. The normalized spacial score (nSPS) is 16.0. The van der Waals surface area contributed by atoms with Gasteiger partial charge in [-0.05, 0) is 25.1 Å². The largest absolute Gasteiger partial charge is 0.493 e. The van der Waals surface area contributed by atoms with Gasteiger partial charge in [0.15, 0.2) is 0 Å². The lowest BCUT2D eigenvalue weighted by molar-refractivity contribution is -0.0114. The molecule has 1 amide bonds. The Hall–Kier alpha value is -4.21. The quantitative estimate of drug-likeness (QED) is 0.177. The van der Waals surface area contributed by atoms with Gasteiger partial charge in [0, 0.05) is 35.1 Å². The van der Waals surface area contributed by atoms with Crippen molar-refractivity contribution in [2.24, 2.45) is 0 Å². The maximum absolute atomic E-state index is 14.9. The molecule has 0 saturated heterocycles. The number of halogens is 6. The first-order chi connectivity index (χ1) is 21.1. The van der Waals surface area contributed by atoms with Crippen LogP contribution in [0, 0.1) is 11.6 Å². The van der Waals surface area contributed by atoms with Crippen LogP contribution in [-0.2, 0) is 18.7 Å². The van der Waals surface area contributed by atoms with Gasteiger partial charge in [-0.3, -0.25) is 4.90 Å².